The van der Waals surface area contributed by atoms with Gasteiger partial charge in [0.15, 0.2) is 5.78 Å². The van der Waals surface area contributed by atoms with Crippen molar-refractivity contribution in [3.8, 4) is 0 Å². The Balaban J connectivity index is 2.22. The van der Waals surface area contributed by atoms with E-state index in [1.807, 2.05) is 12.1 Å². The van der Waals surface area contributed by atoms with E-state index in [1.165, 1.54) is 6.26 Å². The Morgan fingerprint density at radius 2 is 2.27 bits per heavy atom. The highest BCUT2D eigenvalue weighted by Gasteiger charge is 2.01. The topological polar surface area (TPSA) is 55.1 Å². The van der Waals surface area contributed by atoms with E-state index in [9.17, 15) is 4.79 Å². The molecule has 0 radical (unpaired) electrons. The Hall–Kier alpha value is -2.10. The Labute approximate surface area is 86.9 Å². The second kappa shape index (κ2) is 3.96. The highest BCUT2D eigenvalue weighted by Crippen LogP contribution is 2.17. The summed E-state index contributed by atoms with van der Waals surface area (Å²) in [6.45, 7) is 1.54. The van der Waals surface area contributed by atoms with Crippen molar-refractivity contribution >= 4 is 17.2 Å². The van der Waals surface area contributed by atoms with Crippen molar-refractivity contribution in [1.82, 2.24) is 5.16 Å². The van der Waals surface area contributed by atoms with E-state index in [1.54, 1.807) is 25.3 Å². The normalized spacial score (nSPS) is 9.93. The quantitative estimate of drug-likeness (QED) is 0.777. The molecule has 0 aliphatic heterocycles. The van der Waals surface area contributed by atoms with Crippen LogP contribution in [0.1, 0.15) is 17.3 Å². The minimum atomic E-state index is 0.0453. The maximum Gasteiger partial charge on any atom is 0.159 e. The summed E-state index contributed by atoms with van der Waals surface area (Å²) in [6.07, 6.45) is 3.07. The van der Waals surface area contributed by atoms with Gasteiger partial charge in [-0.3, -0.25) is 4.79 Å². The number of Topliss-reactive ketones (excluding diaryl/α,β-unsaturated/α-hetero) is 1. The number of aromatic nitrogens is 1. The van der Waals surface area contributed by atoms with Crippen LogP contribution in [0.4, 0.5) is 11.4 Å². The third kappa shape index (κ3) is 2.22. The number of hydrogen-bond donors (Lipinski definition) is 1. The first-order chi connectivity index (χ1) is 7.25. The summed E-state index contributed by atoms with van der Waals surface area (Å²) in [5, 5.41) is 6.64. The largest absolute Gasteiger partial charge is 0.363 e. The van der Waals surface area contributed by atoms with Gasteiger partial charge in [0.25, 0.3) is 0 Å². The lowest BCUT2D eigenvalue weighted by Crippen LogP contribution is -1.94. The smallest absolute Gasteiger partial charge is 0.159 e. The van der Waals surface area contributed by atoms with Crippen molar-refractivity contribution in [2.45, 2.75) is 6.92 Å². The molecule has 4 nitrogen and oxygen atoms in total. The van der Waals surface area contributed by atoms with E-state index in [0.717, 1.165) is 11.4 Å². The molecule has 0 atom stereocenters. The molecule has 1 aromatic heterocycles. The number of benzene rings is 1. The van der Waals surface area contributed by atoms with E-state index in [0.29, 0.717) is 5.56 Å². The summed E-state index contributed by atoms with van der Waals surface area (Å²) >= 11 is 0. The fourth-order valence-electron chi connectivity index (χ4n) is 1.25. The van der Waals surface area contributed by atoms with Gasteiger partial charge in [0.05, 0.1) is 11.9 Å². The van der Waals surface area contributed by atoms with Crippen molar-refractivity contribution in [1.29, 1.82) is 0 Å². The van der Waals surface area contributed by atoms with Crippen LogP contribution in [0.15, 0.2) is 41.2 Å². The first-order valence-electron chi connectivity index (χ1n) is 4.53. The number of carbonyl (C=O) groups is 1. The van der Waals surface area contributed by atoms with Crippen LogP contribution in [-0.2, 0) is 0 Å². The van der Waals surface area contributed by atoms with Crippen molar-refractivity contribution in [3.05, 3.63) is 42.3 Å². The van der Waals surface area contributed by atoms with E-state index >= 15 is 0 Å². The molecule has 0 spiro atoms. The Morgan fingerprint density at radius 1 is 1.40 bits per heavy atom. The van der Waals surface area contributed by atoms with Crippen LogP contribution in [0, 0.1) is 0 Å². The van der Waals surface area contributed by atoms with Gasteiger partial charge in [0, 0.05) is 11.3 Å². The molecule has 1 heterocycles. The molecule has 0 bridgehead atoms. The van der Waals surface area contributed by atoms with Crippen LogP contribution < -0.4 is 5.32 Å². The molecule has 0 saturated heterocycles. The number of anilines is 2. The molecule has 0 aliphatic rings. The van der Waals surface area contributed by atoms with Crippen molar-refractivity contribution in [2.75, 3.05) is 5.32 Å². The number of nitrogens with zero attached hydrogens (tertiary/aromatic N) is 1. The molecule has 2 rings (SSSR count). The van der Waals surface area contributed by atoms with Crippen molar-refractivity contribution in [2.24, 2.45) is 0 Å². The maximum absolute atomic E-state index is 11.1. The molecule has 0 saturated carbocycles. The number of rotatable bonds is 3. The first-order valence-corrected chi connectivity index (χ1v) is 4.53. The average molecular weight is 202 g/mol. The number of carbonyl (C=O) groups excluding carboxylic acids is 1. The monoisotopic (exact) mass is 202 g/mol. The molecular weight excluding hydrogens is 192 g/mol. The van der Waals surface area contributed by atoms with Crippen LogP contribution in [0.3, 0.4) is 0 Å². The second-order valence-electron chi connectivity index (χ2n) is 3.18. The highest BCUT2D eigenvalue weighted by atomic mass is 16.5. The molecule has 2 aromatic rings. The lowest BCUT2D eigenvalue weighted by atomic mass is 10.1. The summed E-state index contributed by atoms with van der Waals surface area (Å²) in [4.78, 5) is 11.1. The lowest BCUT2D eigenvalue weighted by Gasteiger charge is -2.03. The zero-order chi connectivity index (χ0) is 10.7. The molecule has 0 fully saturated rings. The second-order valence-corrected chi connectivity index (χ2v) is 3.18. The van der Waals surface area contributed by atoms with Crippen molar-refractivity contribution in [3.63, 3.8) is 0 Å². The van der Waals surface area contributed by atoms with Gasteiger partial charge >= 0.3 is 0 Å². The predicted molar refractivity (Wildman–Crippen MR) is 56.2 cm³/mol. The third-order valence-corrected chi connectivity index (χ3v) is 1.99. The predicted octanol–water partition coefficient (Wildman–Crippen LogP) is 2.62. The summed E-state index contributed by atoms with van der Waals surface area (Å²) in [5.74, 6) is 0.0453. The number of nitrogens with one attached hydrogen (secondary N) is 1. The lowest BCUT2D eigenvalue weighted by molar-refractivity contribution is 0.101. The third-order valence-electron chi connectivity index (χ3n) is 1.99. The van der Waals surface area contributed by atoms with Crippen molar-refractivity contribution < 1.29 is 9.32 Å². The van der Waals surface area contributed by atoms with E-state index in [2.05, 4.69) is 15.0 Å². The van der Waals surface area contributed by atoms with Gasteiger partial charge in [-0.05, 0) is 19.1 Å². The molecule has 0 amide bonds. The van der Waals surface area contributed by atoms with Crippen LogP contribution in [-0.4, -0.2) is 10.9 Å². The standard InChI is InChI=1S/C11H10N2O2/c1-8(14)9-3-2-4-10(5-9)13-11-6-12-15-7-11/h2-7,13H,1H3. The zero-order valence-corrected chi connectivity index (χ0v) is 8.23. The molecule has 15 heavy (non-hydrogen) atoms. The Morgan fingerprint density at radius 3 is 2.93 bits per heavy atom. The number of ketones is 1. The molecule has 1 aromatic carbocycles. The van der Waals surface area contributed by atoms with Gasteiger partial charge in [-0.15, -0.1) is 0 Å². The fourth-order valence-corrected chi connectivity index (χ4v) is 1.25. The molecule has 0 aliphatic carbocycles. The average Bonchev–Trinajstić information content (AvgIpc) is 2.71. The van der Waals surface area contributed by atoms with E-state index in [-0.39, 0.29) is 5.78 Å². The summed E-state index contributed by atoms with van der Waals surface area (Å²) in [7, 11) is 0. The molecule has 4 heteroatoms. The minimum absolute atomic E-state index is 0.0453. The minimum Gasteiger partial charge on any atom is -0.363 e. The van der Waals surface area contributed by atoms with Gasteiger partial charge in [-0.25, -0.2) is 0 Å². The van der Waals surface area contributed by atoms with E-state index < -0.39 is 0 Å². The van der Waals surface area contributed by atoms with Gasteiger partial charge in [-0.2, -0.15) is 0 Å². The van der Waals surface area contributed by atoms with Crippen LogP contribution >= 0.6 is 0 Å². The SMILES string of the molecule is CC(=O)c1cccc(Nc2cnoc2)c1. The van der Waals surface area contributed by atoms with Crippen LogP contribution in [0.25, 0.3) is 0 Å². The van der Waals surface area contributed by atoms with Crippen LogP contribution in [0.2, 0.25) is 0 Å². The maximum atomic E-state index is 11.1. The van der Waals surface area contributed by atoms with Gasteiger partial charge in [0.1, 0.15) is 6.26 Å². The summed E-state index contributed by atoms with van der Waals surface area (Å²) in [5.41, 5.74) is 2.28. The first kappa shape index (κ1) is 9.45. The molecule has 1 N–H and O–H groups in total. The Bertz CT molecular complexity index is 463. The fraction of sp³-hybridized carbons (Fsp3) is 0.0909. The molecule has 0 unspecified atom stereocenters. The van der Waals surface area contributed by atoms with Gasteiger partial charge < -0.3 is 9.84 Å². The van der Waals surface area contributed by atoms with Gasteiger partial charge in [0.2, 0.25) is 0 Å². The number of hydrogen-bond acceptors (Lipinski definition) is 4. The Kier molecular flexibility index (Phi) is 2.49. The van der Waals surface area contributed by atoms with E-state index in [4.69, 9.17) is 0 Å². The summed E-state index contributed by atoms with van der Waals surface area (Å²) < 4.78 is 4.68. The molecule has 76 valence electrons. The molecular formula is C11H10N2O2. The zero-order valence-electron chi connectivity index (χ0n) is 8.23. The van der Waals surface area contributed by atoms with Gasteiger partial charge in [-0.1, -0.05) is 17.3 Å². The highest BCUT2D eigenvalue weighted by molar-refractivity contribution is 5.95. The summed E-state index contributed by atoms with van der Waals surface area (Å²) in [6, 6.07) is 7.27. The van der Waals surface area contributed by atoms with Crippen LogP contribution in [0.5, 0.6) is 0 Å².